The first-order valence-electron chi connectivity index (χ1n) is 9.16. The number of nitrogens with zero attached hydrogens (tertiary/aromatic N) is 3. The minimum Gasteiger partial charge on any atom is -0.395 e. The maximum Gasteiger partial charge on any atom is 0.258 e. The molecule has 1 atom stereocenters. The van der Waals surface area contributed by atoms with E-state index in [1.165, 1.54) is 11.1 Å². The fourth-order valence-electron chi connectivity index (χ4n) is 3.97. The maximum absolute atomic E-state index is 12.4. The third kappa shape index (κ3) is 3.28. The van der Waals surface area contributed by atoms with E-state index in [-0.39, 0.29) is 18.2 Å². The standard InChI is InChI=1S/C21H23N3O2/c25-13-12-23(19-9-5-7-16-6-1-2-8-18(16)19)15-17-14-21(26)24-11-4-3-10-20(24)22-17/h1-4,6,8,10-11,14,19,25H,5,7,9,12-13,15H2/t19-/m1/s1. The van der Waals surface area contributed by atoms with Crippen molar-refractivity contribution in [2.45, 2.75) is 31.8 Å². The fourth-order valence-corrected chi connectivity index (χ4v) is 3.97. The van der Waals surface area contributed by atoms with Crippen LogP contribution in [0.25, 0.3) is 5.65 Å². The molecule has 1 aromatic carbocycles. The Kier molecular flexibility index (Phi) is 4.82. The van der Waals surface area contributed by atoms with Crippen LogP contribution in [0.15, 0.2) is 59.5 Å². The number of rotatable bonds is 5. The Hall–Kier alpha value is -2.50. The predicted molar refractivity (Wildman–Crippen MR) is 101 cm³/mol. The number of aryl methyl sites for hydroxylation is 1. The van der Waals surface area contributed by atoms with Crippen molar-refractivity contribution < 1.29 is 5.11 Å². The smallest absolute Gasteiger partial charge is 0.258 e. The summed E-state index contributed by atoms with van der Waals surface area (Å²) < 4.78 is 1.55. The predicted octanol–water partition coefficient (Wildman–Crippen LogP) is 2.57. The molecule has 0 saturated heterocycles. The Morgan fingerprint density at radius 3 is 2.92 bits per heavy atom. The van der Waals surface area contributed by atoms with Gasteiger partial charge in [-0.05, 0) is 42.5 Å². The van der Waals surface area contributed by atoms with Crippen LogP contribution in [0.5, 0.6) is 0 Å². The molecule has 1 aliphatic carbocycles. The van der Waals surface area contributed by atoms with Crippen LogP contribution < -0.4 is 5.56 Å². The summed E-state index contributed by atoms with van der Waals surface area (Å²) in [5.41, 5.74) is 4.06. The molecular formula is C21H23N3O2. The Bertz CT molecular complexity index is 967. The van der Waals surface area contributed by atoms with E-state index in [1.807, 2.05) is 18.2 Å². The SMILES string of the molecule is O=c1cc(CN(CCO)[C@@H]2CCCc3ccccc32)nc2ccccn12. The Morgan fingerprint density at radius 1 is 1.19 bits per heavy atom. The van der Waals surface area contributed by atoms with Crippen LogP contribution >= 0.6 is 0 Å². The molecule has 0 spiro atoms. The zero-order chi connectivity index (χ0) is 17.9. The van der Waals surface area contributed by atoms with Crippen molar-refractivity contribution in [3.05, 3.63) is 81.9 Å². The maximum atomic E-state index is 12.4. The molecule has 134 valence electrons. The van der Waals surface area contributed by atoms with Gasteiger partial charge in [0.25, 0.3) is 5.56 Å². The van der Waals surface area contributed by atoms with Gasteiger partial charge in [0.2, 0.25) is 0 Å². The van der Waals surface area contributed by atoms with Gasteiger partial charge >= 0.3 is 0 Å². The molecule has 4 rings (SSSR count). The summed E-state index contributed by atoms with van der Waals surface area (Å²) in [4.78, 5) is 19.3. The molecule has 1 aliphatic rings. The summed E-state index contributed by atoms with van der Waals surface area (Å²) in [6.07, 6.45) is 5.04. The summed E-state index contributed by atoms with van der Waals surface area (Å²) in [5.74, 6) is 0. The number of hydrogen-bond donors (Lipinski definition) is 1. The summed E-state index contributed by atoms with van der Waals surface area (Å²) in [6.45, 7) is 1.21. The van der Waals surface area contributed by atoms with Gasteiger partial charge in [-0.2, -0.15) is 0 Å². The van der Waals surface area contributed by atoms with Crippen LogP contribution in [0.3, 0.4) is 0 Å². The van der Waals surface area contributed by atoms with Crippen molar-refractivity contribution in [1.82, 2.24) is 14.3 Å². The van der Waals surface area contributed by atoms with Gasteiger partial charge in [0, 0.05) is 31.4 Å². The van der Waals surface area contributed by atoms with E-state index in [0.717, 1.165) is 25.0 Å². The first-order chi connectivity index (χ1) is 12.8. The molecular weight excluding hydrogens is 326 g/mol. The number of fused-ring (bicyclic) bond motifs is 2. The zero-order valence-corrected chi connectivity index (χ0v) is 14.7. The third-order valence-electron chi connectivity index (χ3n) is 5.15. The quantitative estimate of drug-likeness (QED) is 0.769. The van der Waals surface area contributed by atoms with Crippen LogP contribution in [-0.2, 0) is 13.0 Å². The van der Waals surface area contributed by atoms with E-state index in [4.69, 9.17) is 0 Å². The molecule has 0 amide bonds. The highest BCUT2D eigenvalue weighted by atomic mass is 16.3. The topological polar surface area (TPSA) is 57.8 Å². The lowest BCUT2D eigenvalue weighted by atomic mass is 9.86. The number of pyridine rings is 1. The van der Waals surface area contributed by atoms with E-state index in [0.29, 0.717) is 18.7 Å². The molecule has 1 N–H and O–H groups in total. The molecule has 0 bridgehead atoms. The van der Waals surface area contributed by atoms with Gasteiger partial charge in [0.05, 0.1) is 12.3 Å². The summed E-state index contributed by atoms with van der Waals surface area (Å²) >= 11 is 0. The largest absolute Gasteiger partial charge is 0.395 e. The van der Waals surface area contributed by atoms with Crippen molar-refractivity contribution in [2.24, 2.45) is 0 Å². The number of benzene rings is 1. The van der Waals surface area contributed by atoms with Gasteiger partial charge in [-0.15, -0.1) is 0 Å². The van der Waals surface area contributed by atoms with Gasteiger partial charge < -0.3 is 5.11 Å². The lowest BCUT2D eigenvalue weighted by Crippen LogP contribution is -2.34. The van der Waals surface area contributed by atoms with Crippen molar-refractivity contribution >= 4 is 5.65 Å². The minimum absolute atomic E-state index is 0.0707. The average molecular weight is 349 g/mol. The van der Waals surface area contributed by atoms with Crippen molar-refractivity contribution in [2.75, 3.05) is 13.2 Å². The van der Waals surface area contributed by atoms with Crippen LogP contribution in [-0.4, -0.2) is 32.5 Å². The zero-order valence-electron chi connectivity index (χ0n) is 14.7. The van der Waals surface area contributed by atoms with Gasteiger partial charge in [-0.25, -0.2) is 4.98 Å². The first kappa shape index (κ1) is 16.9. The van der Waals surface area contributed by atoms with E-state index < -0.39 is 0 Å². The van der Waals surface area contributed by atoms with E-state index >= 15 is 0 Å². The number of hydrogen-bond acceptors (Lipinski definition) is 4. The van der Waals surface area contributed by atoms with Crippen molar-refractivity contribution in [3.63, 3.8) is 0 Å². The second kappa shape index (κ2) is 7.40. The van der Waals surface area contributed by atoms with Crippen molar-refractivity contribution in [3.8, 4) is 0 Å². The molecule has 0 aliphatic heterocycles. The monoisotopic (exact) mass is 349 g/mol. The highest BCUT2D eigenvalue weighted by Crippen LogP contribution is 2.34. The number of aliphatic hydroxyl groups is 1. The Labute approximate surface area is 152 Å². The Morgan fingerprint density at radius 2 is 2.04 bits per heavy atom. The highest BCUT2D eigenvalue weighted by Gasteiger charge is 2.26. The van der Waals surface area contributed by atoms with Gasteiger partial charge in [-0.3, -0.25) is 14.1 Å². The van der Waals surface area contributed by atoms with E-state index in [1.54, 1.807) is 16.7 Å². The van der Waals surface area contributed by atoms with Crippen LogP contribution in [0.4, 0.5) is 0 Å². The molecule has 0 radical (unpaired) electrons. The molecule has 5 nitrogen and oxygen atoms in total. The first-order valence-corrected chi connectivity index (χ1v) is 9.16. The van der Waals surface area contributed by atoms with Gasteiger partial charge in [0.15, 0.2) is 0 Å². The average Bonchev–Trinajstić information content (AvgIpc) is 2.67. The lowest BCUT2D eigenvalue weighted by molar-refractivity contribution is 0.130. The van der Waals surface area contributed by atoms with Crippen molar-refractivity contribution in [1.29, 1.82) is 0 Å². The Balaban J connectivity index is 1.67. The fraction of sp³-hybridized carbons (Fsp3) is 0.333. The van der Waals surface area contributed by atoms with Gasteiger partial charge in [-0.1, -0.05) is 30.3 Å². The summed E-state index contributed by atoms with van der Waals surface area (Å²) in [7, 11) is 0. The molecule has 2 heterocycles. The molecule has 2 aromatic heterocycles. The third-order valence-corrected chi connectivity index (χ3v) is 5.15. The van der Waals surface area contributed by atoms with Crippen LogP contribution in [0, 0.1) is 0 Å². The summed E-state index contributed by atoms with van der Waals surface area (Å²) in [5, 5.41) is 9.59. The van der Waals surface area contributed by atoms with E-state index in [2.05, 4.69) is 34.1 Å². The number of aliphatic hydroxyl groups excluding tert-OH is 1. The second-order valence-electron chi connectivity index (χ2n) is 6.82. The van der Waals surface area contributed by atoms with Gasteiger partial charge in [0.1, 0.15) is 5.65 Å². The molecule has 26 heavy (non-hydrogen) atoms. The van der Waals surface area contributed by atoms with E-state index in [9.17, 15) is 9.90 Å². The normalized spacial score (nSPS) is 16.8. The number of aromatic nitrogens is 2. The second-order valence-corrected chi connectivity index (χ2v) is 6.82. The lowest BCUT2D eigenvalue weighted by Gasteiger charge is -2.35. The molecule has 0 unspecified atom stereocenters. The van der Waals surface area contributed by atoms with Crippen LogP contribution in [0.2, 0.25) is 0 Å². The molecule has 3 aromatic rings. The molecule has 0 saturated carbocycles. The summed E-state index contributed by atoms with van der Waals surface area (Å²) in [6, 6.07) is 16.0. The minimum atomic E-state index is -0.0707. The highest BCUT2D eigenvalue weighted by molar-refractivity contribution is 5.38. The molecule has 0 fully saturated rings. The van der Waals surface area contributed by atoms with Crippen LogP contribution in [0.1, 0.15) is 35.7 Å². The molecule has 5 heteroatoms.